The molecule has 2 amide bonds. The van der Waals surface area contributed by atoms with E-state index in [1.54, 1.807) is 0 Å². The molecule has 1 aromatic rings. The maximum atomic E-state index is 12.2. The first-order chi connectivity index (χ1) is 9.74. The molecule has 2 heterocycles. The molecule has 2 aliphatic rings. The van der Waals surface area contributed by atoms with Crippen LogP contribution in [0.15, 0.2) is 30.3 Å². The van der Waals surface area contributed by atoms with Crippen molar-refractivity contribution in [2.24, 2.45) is 11.8 Å². The van der Waals surface area contributed by atoms with E-state index in [0.717, 1.165) is 18.5 Å². The quantitative estimate of drug-likeness (QED) is 0.885. The summed E-state index contributed by atoms with van der Waals surface area (Å²) in [5.74, 6) is 0.175. The van der Waals surface area contributed by atoms with Gasteiger partial charge >= 0.3 is 6.09 Å². The molecule has 0 saturated carbocycles. The number of fused-ring (bicyclic) bond motifs is 2. The van der Waals surface area contributed by atoms with Gasteiger partial charge in [0.2, 0.25) is 5.91 Å². The lowest BCUT2D eigenvalue weighted by Crippen LogP contribution is -2.56. The van der Waals surface area contributed by atoms with Crippen molar-refractivity contribution in [3.05, 3.63) is 35.9 Å². The summed E-state index contributed by atoms with van der Waals surface area (Å²) in [6.07, 6.45) is 0.365. The van der Waals surface area contributed by atoms with Crippen molar-refractivity contribution in [3.63, 3.8) is 0 Å². The number of ether oxygens (including phenoxy) is 1. The van der Waals surface area contributed by atoms with E-state index in [4.69, 9.17) is 4.74 Å². The summed E-state index contributed by atoms with van der Waals surface area (Å²) in [5.41, 5.74) is 0.923. The van der Waals surface area contributed by atoms with Crippen LogP contribution in [0.1, 0.15) is 12.0 Å². The molecule has 2 saturated heterocycles. The standard InChI is InChI=1S/C15H18N2O3/c18-14-13-6-12(7-16-8-13)9-17(14)15(19)20-10-11-4-2-1-3-5-11/h1-5,12-13,16H,6-10H2. The first-order valence-electron chi connectivity index (χ1n) is 6.97. The highest BCUT2D eigenvalue weighted by Crippen LogP contribution is 2.26. The first-order valence-corrected chi connectivity index (χ1v) is 6.97. The molecule has 0 radical (unpaired) electrons. The van der Waals surface area contributed by atoms with Gasteiger partial charge in [-0.1, -0.05) is 30.3 Å². The number of amides is 2. The Morgan fingerprint density at radius 2 is 2.10 bits per heavy atom. The van der Waals surface area contributed by atoms with Crippen molar-refractivity contribution >= 4 is 12.0 Å². The summed E-state index contributed by atoms with van der Waals surface area (Å²) < 4.78 is 5.25. The number of hydrogen-bond donors (Lipinski definition) is 1. The maximum absolute atomic E-state index is 12.2. The minimum Gasteiger partial charge on any atom is -0.444 e. The molecule has 0 spiro atoms. The number of benzene rings is 1. The molecule has 106 valence electrons. The number of carbonyl (C=O) groups excluding carboxylic acids is 2. The zero-order valence-corrected chi connectivity index (χ0v) is 11.2. The molecule has 20 heavy (non-hydrogen) atoms. The number of rotatable bonds is 2. The smallest absolute Gasteiger partial charge is 0.416 e. The van der Waals surface area contributed by atoms with Gasteiger partial charge < -0.3 is 10.1 Å². The lowest BCUT2D eigenvalue weighted by Gasteiger charge is -2.39. The zero-order chi connectivity index (χ0) is 13.9. The third-order valence-corrected chi connectivity index (χ3v) is 3.92. The van der Waals surface area contributed by atoms with Gasteiger partial charge in [0, 0.05) is 13.1 Å². The maximum Gasteiger partial charge on any atom is 0.416 e. The third-order valence-electron chi connectivity index (χ3n) is 3.92. The molecule has 2 atom stereocenters. The number of hydrogen-bond acceptors (Lipinski definition) is 4. The van der Waals surface area contributed by atoms with E-state index in [2.05, 4.69) is 5.32 Å². The van der Waals surface area contributed by atoms with Gasteiger partial charge in [-0.15, -0.1) is 0 Å². The Morgan fingerprint density at radius 3 is 2.90 bits per heavy atom. The van der Waals surface area contributed by atoms with E-state index in [0.29, 0.717) is 19.0 Å². The summed E-state index contributed by atoms with van der Waals surface area (Å²) in [5, 5.41) is 3.23. The van der Waals surface area contributed by atoms with Crippen molar-refractivity contribution in [2.45, 2.75) is 13.0 Å². The predicted molar refractivity (Wildman–Crippen MR) is 72.8 cm³/mol. The second kappa shape index (κ2) is 5.63. The number of nitrogens with one attached hydrogen (secondary N) is 1. The molecule has 2 aliphatic heterocycles. The van der Waals surface area contributed by atoms with Gasteiger partial charge in [-0.05, 0) is 24.4 Å². The van der Waals surface area contributed by atoms with Gasteiger partial charge in [-0.2, -0.15) is 0 Å². The minimum absolute atomic E-state index is 0.0771. The zero-order valence-electron chi connectivity index (χ0n) is 11.2. The number of likely N-dealkylation sites (tertiary alicyclic amines) is 1. The number of imide groups is 1. The van der Waals surface area contributed by atoms with Crippen molar-refractivity contribution in [1.29, 1.82) is 0 Å². The Hall–Kier alpha value is -1.88. The van der Waals surface area contributed by atoms with E-state index < -0.39 is 6.09 Å². The Labute approximate surface area is 117 Å². The summed E-state index contributed by atoms with van der Waals surface area (Å²) in [7, 11) is 0. The monoisotopic (exact) mass is 274 g/mol. The molecule has 0 aromatic heterocycles. The number of carbonyl (C=O) groups is 2. The van der Waals surface area contributed by atoms with Crippen LogP contribution in [0.5, 0.6) is 0 Å². The topological polar surface area (TPSA) is 58.6 Å². The van der Waals surface area contributed by atoms with E-state index in [1.165, 1.54) is 4.90 Å². The van der Waals surface area contributed by atoms with Gasteiger partial charge in [0.1, 0.15) is 6.61 Å². The van der Waals surface area contributed by atoms with Crippen LogP contribution in [0.2, 0.25) is 0 Å². The molecule has 1 N–H and O–H groups in total. The van der Waals surface area contributed by atoms with E-state index in [9.17, 15) is 9.59 Å². The van der Waals surface area contributed by atoms with Crippen molar-refractivity contribution in [2.75, 3.05) is 19.6 Å². The van der Waals surface area contributed by atoms with Crippen LogP contribution in [0, 0.1) is 11.8 Å². The van der Waals surface area contributed by atoms with E-state index in [-0.39, 0.29) is 18.4 Å². The van der Waals surface area contributed by atoms with Gasteiger partial charge in [-0.25, -0.2) is 9.69 Å². The van der Waals surface area contributed by atoms with Crippen LogP contribution in [0.3, 0.4) is 0 Å². The largest absolute Gasteiger partial charge is 0.444 e. The molecular weight excluding hydrogens is 256 g/mol. The van der Waals surface area contributed by atoms with Gasteiger partial charge in [0.05, 0.1) is 5.92 Å². The Bertz CT molecular complexity index is 503. The fourth-order valence-electron chi connectivity index (χ4n) is 2.89. The number of nitrogens with zero attached hydrogens (tertiary/aromatic N) is 1. The fraction of sp³-hybridized carbons (Fsp3) is 0.467. The third kappa shape index (κ3) is 2.67. The van der Waals surface area contributed by atoms with Crippen LogP contribution in [0.25, 0.3) is 0 Å². The average Bonchev–Trinajstić information content (AvgIpc) is 2.50. The summed E-state index contributed by atoms with van der Waals surface area (Å²) in [6, 6.07) is 9.48. The summed E-state index contributed by atoms with van der Waals surface area (Å²) >= 11 is 0. The fourth-order valence-corrected chi connectivity index (χ4v) is 2.89. The molecule has 2 fully saturated rings. The molecule has 2 unspecified atom stereocenters. The lowest BCUT2D eigenvalue weighted by molar-refractivity contribution is -0.139. The first kappa shape index (κ1) is 13.1. The molecule has 1 aromatic carbocycles. The molecule has 5 heteroatoms. The second-order valence-corrected chi connectivity index (χ2v) is 5.45. The highest BCUT2D eigenvalue weighted by molar-refractivity contribution is 5.94. The van der Waals surface area contributed by atoms with E-state index >= 15 is 0 Å². The van der Waals surface area contributed by atoms with Crippen LogP contribution in [-0.4, -0.2) is 36.5 Å². The molecule has 5 nitrogen and oxygen atoms in total. The van der Waals surface area contributed by atoms with Crippen LogP contribution >= 0.6 is 0 Å². The van der Waals surface area contributed by atoms with Crippen molar-refractivity contribution < 1.29 is 14.3 Å². The van der Waals surface area contributed by atoms with E-state index in [1.807, 2.05) is 30.3 Å². The van der Waals surface area contributed by atoms with Gasteiger partial charge in [0.15, 0.2) is 0 Å². The van der Waals surface area contributed by atoms with Crippen LogP contribution < -0.4 is 5.32 Å². The van der Waals surface area contributed by atoms with Crippen LogP contribution in [0.4, 0.5) is 4.79 Å². The normalized spacial score (nSPS) is 25.4. The molecule has 3 rings (SSSR count). The van der Waals surface area contributed by atoms with Crippen molar-refractivity contribution in [1.82, 2.24) is 10.2 Å². The Morgan fingerprint density at radius 1 is 1.30 bits per heavy atom. The molecule has 2 bridgehead atoms. The van der Waals surface area contributed by atoms with Crippen molar-refractivity contribution in [3.8, 4) is 0 Å². The summed E-state index contributed by atoms with van der Waals surface area (Å²) in [4.78, 5) is 25.5. The second-order valence-electron chi connectivity index (χ2n) is 5.45. The minimum atomic E-state index is -0.518. The lowest BCUT2D eigenvalue weighted by atomic mass is 9.85. The Balaban J connectivity index is 1.60. The highest BCUT2D eigenvalue weighted by Gasteiger charge is 2.40. The summed E-state index contributed by atoms with van der Waals surface area (Å²) in [6.45, 7) is 2.21. The number of piperidine rings is 2. The molecular formula is C15H18N2O3. The Kier molecular flexibility index (Phi) is 3.69. The highest BCUT2D eigenvalue weighted by atomic mass is 16.6. The van der Waals surface area contributed by atoms with Gasteiger partial charge in [0.25, 0.3) is 0 Å². The van der Waals surface area contributed by atoms with Gasteiger partial charge in [-0.3, -0.25) is 4.79 Å². The SMILES string of the molecule is O=C(OCc1ccccc1)N1CC2CNCC(C2)C1=O. The average molecular weight is 274 g/mol. The molecule has 0 aliphatic carbocycles. The van der Waals surface area contributed by atoms with Crippen LogP contribution in [-0.2, 0) is 16.1 Å². The predicted octanol–water partition coefficient (Wildman–Crippen LogP) is 1.39.